The van der Waals surface area contributed by atoms with E-state index < -0.39 is 5.60 Å². The van der Waals surface area contributed by atoms with Crippen molar-refractivity contribution in [2.45, 2.75) is 58.7 Å². The fraction of sp³-hybridized carbons (Fsp3) is 0.857. The molecule has 0 aromatic carbocycles. The van der Waals surface area contributed by atoms with Gasteiger partial charge in [-0.25, -0.2) is 4.79 Å². The number of hydrogen-bond donors (Lipinski definition) is 0. The second-order valence-electron chi connectivity index (χ2n) is 6.82. The molecule has 0 N–H and O–H groups in total. The first kappa shape index (κ1) is 14.2. The second-order valence-corrected chi connectivity index (χ2v) is 6.82. The van der Waals surface area contributed by atoms with Crippen molar-refractivity contribution in [3.05, 3.63) is 0 Å². The number of rotatable bonds is 1. The average molecular weight is 268 g/mol. The Morgan fingerprint density at radius 2 is 1.63 bits per heavy atom. The van der Waals surface area contributed by atoms with Crippen LogP contribution >= 0.6 is 0 Å². The van der Waals surface area contributed by atoms with E-state index in [0.29, 0.717) is 13.1 Å². The van der Waals surface area contributed by atoms with Gasteiger partial charge in [0.15, 0.2) is 0 Å². The van der Waals surface area contributed by atoms with E-state index in [9.17, 15) is 9.59 Å². The number of ether oxygens (including phenoxy) is 1. The Hall–Kier alpha value is -1.26. The molecule has 108 valence electrons. The van der Waals surface area contributed by atoms with Crippen LogP contribution in [0, 0.1) is 5.92 Å². The third kappa shape index (κ3) is 2.85. The summed E-state index contributed by atoms with van der Waals surface area (Å²) in [5, 5.41) is 0. The zero-order chi connectivity index (χ0) is 14.4. The third-order valence-electron chi connectivity index (χ3n) is 3.65. The molecule has 2 saturated heterocycles. The van der Waals surface area contributed by atoms with E-state index in [2.05, 4.69) is 0 Å². The van der Waals surface area contributed by atoms with Crippen molar-refractivity contribution in [2.24, 2.45) is 5.92 Å². The van der Waals surface area contributed by atoms with Crippen molar-refractivity contribution in [1.82, 2.24) is 9.80 Å². The minimum absolute atomic E-state index is 0.0225. The molecule has 2 rings (SSSR count). The average Bonchev–Trinajstić information content (AvgIpc) is 2.84. The Balaban J connectivity index is 1.96. The molecular formula is C14H24N2O3. The Morgan fingerprint density at radius 3 is 2.05 bits per heavy atom. The summed E-state index contributed by atoms with van der Waals surface area (Å²) in [5.74, 6) is 0.214. The molecule has 2 fully saturated rings. The molecular weight excluding hydrogens is 244 g/mol. The van der Waals surface area contributed by atoms with Crippen LogP contribution in [0.25, 0.3) is 0 Å². The Kier molecular flexibility index (Phi) is 3.49. The molecule has 19 heavy (non-hydrogen) atoms. The van der Waals surface area contributed by atoms with Gasteiger partial charge >= 0.3 is 6.09 Å². The fourth-order valence-electron chi connectivity index (χ4n) is 2.81. The number of nitrogens with zero attached hydrogens (tertiary/aromatic N) is 2. The molecule has 0 aromatic rings. The van der Waals surface area contributed by atoms with E-state index in [4.69, 9.17) is 4.74 Å². The van der Waals surface area contributed by atoms with Crippen LogP contribution in [0.4, 0.5) is 4.79 Å². The molecule has 0 spiro atoms. The van der Waals surface area contributed by atoms with Crippen LogP contribution in [0.15, 0.2) is 0 Å². The number of piperazine rings is 1. The minimum Gasteiger partial charge on any atom is -0.444 e. The molecule has 5 heteroatoms. The van der Waals surface area contributed by atoms with Gasteiger partial charge in [-0.05, 0) is 27.2 Å². The van der Waals surface area contributed by atoms with Crippen LogP contribution in [0.5, 0.6) is 0 Å². The normalized spacial score (nSPS) is 26.2. The van der Waals surface area contributed by atoms with Gasteiger partial charge in [0.05, 0.1) is 12.1 Å². The fourth-order valence-corrected chi connectivity index (χ4v) is 2.81. The molecule has 2 atom stereocenters. The van der Waals surface area contributed by atoms with Crippen LogP contribution in [0.2, 0.25) is 0 Å². The van der Waals surface area contributed by atoms with Gasteiger partial charge in [0.25, 0.3) is 0 Å². The maximum absolute atomic E-state index is 12.1. The lowest BCUT2D eigenvalue weighted by molar-refractivity contribution is -0.136. The van der Waals surface area contributed by atoms with Gasteiger partial charge in [0.2, 0.25) is 5.91 Å². The minimum atomic E-state index is -0.466. The molecule has 2 heterocycles. The maximum Gasteiger partial charge on any atom is 0.410 e. The number of carbonyl (C=O) groups excluding carboxylic acids is 2. The van der Waals surface area contributed by atoms with Gasteiger partial charge in [0.1, 0.15) is 5.60 Å². The second kappa shape index (κ2) is 4.69. The Labute approximate surface area is 114 Å². The van der Waals surface area contributed by atoms with Crippen molar-refractivity contribution in [2.75, 3.05) is 13.1 Å². The highest BCUT2D eigenvalue weighted by Crippen LogP contribution is 2.32. The van der Waals surface area contributed by atoms with Gasteiger partial charge in [0, 0.05) is 19.0 Å². The quantitative estimate of drug-likeness (QED) is 0.729. The standard InChI is InChI=1S/C14H24N2O3/c1-9(2)12(17)15-7-11-6-10(15)8-16(11)13(18)19-14(3,4)5/h9-11H,6-8H2,1-5H3. The summed E-state index contributed by atoms with van der Waals surface area (Å²) < 4.78 is 5.40. The van der Waals surface area contributed by atoms with Gasteiger partial charge < -0.3 is 14.5 Å². The number of likely N-dealkylation sites (tertiary alicyclic amines) is 2. The smallest absolute Gasteiger partial charge is 0.410 e. The Bertz CT molecular complexity index is 387. The highest BCUT2D eigenvalue weighted by Gasteiger charge is 2.48. The molecule has 0 saturated carbocycles. The van der Waals surface area contributed by atoms with Crippen LogP contribution in [0.1, 0.15) is 41.0 Å². The highest BCUT2D eigenvalue weighted by atomic mass is 16.6. The lowest BCUT2D eigenvalue weighted by atomic mass is 10.1. The van der Waals surface area contributed by atoms with Crippen molar-refractivity contribution in [3.63, 3.8) is 0 Å². The zero-order valence-electron chi connectivity index (χ0n) is 12.5. The van der Waals surface area contributed by atoms with Crippen molar-refractivity contribution in [1.29, 1.82) is 0 Å². The van der Waals surface area contributed by atoms with Crippen molar-refractivity contribution >= 4 is 12.0 Å². The maximum atomic E-state index is 12.1. The van der Waals surface area contributed by atoms with Crippen molar-refractivity contribution in [3.8, 4) is 0 Å². The predicted molar refractivity (Wildman–Crippen MR) is 71.7 cm³/mol. The van der Waals surface area contributed by atoms with E-state index in [1.807, 2.05) is 39.5 Å². The largest absolute Gasteiger partial charge is 0.444 e. The summed E-state index contributed by atoms with van der Waals surface area (Å²) in [5.41, 5.74) is -0.466. The van der Waals surface area contributed by atoms with Crippen LogP contribution < -0.4 is 0 Å². The molecule has 0 aromatic heterocycles. The van der Waals surface area contributed by atoms with Crippen LogP contribution in [0.3, 0.4) is 0 Å². The number of fused-ring (bicyclic) bond motifs is 2. The van der Waals surface area contributed by atoms with Crippen molar-refractivity contribution < 1.29 is 14.3 Å². The predicted octanol–water partition coefficient (Wildman–Crippen LogP) is 1.86. The number of hydrogen-bond acceptors (Lipinski definition) is 3. The van der Waals surface area contributed by atoms with E-state index in [0.717, 1.165) is 6.42 Å². The summed E-state index contributed by atoms with van der Waals surface area (Å²) in [4.78, 5) is 27.8. The summed E-state index contributed by atoms with van der Waals surface area (Å²) in [6, 6.07) is 0.301. The van der Waals surface area contributed by atoms with E-state index in [1.165, 1.54) is 0 Å². The monoisotopic (exact) mass is 268 g/mol. The van der Waals surface area contributed by atoms with E-state index in [1.54, 1.807) is 4.90 Å². The summed E-state index contributed by atoms with van der Waals surface area (Å²) in [6.07, 6.45) is 0.634. The zero-order valence-corrected chi connectivity index (χ0v) is 12.5. The Morgan fingerprint density at radius 1 is 1.11 bits per heavy atom. The number of amides is 2. The molecule has 2 amide bonds. The SMILES string of the molecule is CC(C)C(=O)N1CC2CC1CN2C(=O)OC(C)(C)C. The van der Waals surface area contributed by atoms with Gasteiger partial charge in [-0.2, -0.15) is 0 Å². The van der Waals surface area contributed by atoms with Gasteiger partial charge in [-0.3, -0.25) is 4.79 Å². The van der Waals surface area contributed by atoms with E-state index in [-0.39, 0.29) is 30.0 Å². The first-order chi connectivity index (χ1) is 8.69. The lowest BCUT2D eigenvalue weighted by Gasteiger charge is -2.35. The third-order valence-corrected chi connectivity index (χ3v) is 3.65. The highest BCUT2D eigenvalue weighted by molar-refractivity contribution is 5.79. The summed E-state index contributed by atoms with van der Waals surface area (Å²) >= 11 is 0. The molecule has 0 aliphatic carbocycles. The molecule has 5 nitrogen and oxygen atoms in total. The first-order valence-electron chi connectivity index (χ1n) is 6.99. The lowest BCUT2D eigenvalue weighted by Crippen LogP contribution is -2.52. The summed E-state index contributed by atoms with van der Waals surface area (Å²) in [7, 11) is 0. The van der Waals surface area contributed by atoms with Crippen LogP contribution in [-0.4, -0.2) is 52.6 Å². The van der Waals surface area contributed by atoms with E-state index >= 15 is 0 Å². The topological polar surface area (TPSA) is 49.9 Å². The van der Waals surface area contributed by atoms with Gasteiger partial charge in [-0.1, -0.05) is 13.8 Å². The first-order valence-corrected chi connectivity index (χ1v) is 6.99. The molecule has 2 aliphatic rings. The van der Waals surface area contributed by atoms with Gasteiger partial charge in [-0.15, -0.1) is 0 Å². The molecule has 2 aliphatic heterocycles. The molecule has 2 bridgehead atoms. The summed E-state index contributed by atoms with van der Waals surface area (Å²) in [6.45, 7) is 10.7. The molecule has 2 unspecified atom stereocenters. The molecule has 0 radical (unpaired) electrons. The van der Waals surface area contributed by atoms with Crippen LogP contribution in [-0.2, 0) is 9.53 Å². The number of carbonyl (C=O) groups is 2.